The van der Waals surface area contributed by atoms with Crippen molar-refractivity contribution in [2.75, 3.05) is 39.5 Å². The van der Waals surface area contributed by atoms with Crippen molar-refractivity contribution in [3.8, 4) is 17.6 Å². The molecule has 2 aliphatic heterocycles. The van der Waals surface area contributed by atoms with Gasteiger partial charge in [-0.3, -0.25) is 9.69 Å². The van der Waals surface area contributed by atoms with Gasteiger partial charge in [-0.25, -0.2) is 0 Å². The lowest BCUT2D eigenvalue weighted by Crippen LogP contribution is -2.38. The summed E-state index contributed by atoms with van der Waals surface area (Å²) in [4.78, 5) is 16.1. The number of aryl methyl sites for hydroxylation is 1. The topological polar surface area (TPSA) is 103 Å². The smallest absolute Gasteiger partial charge is 0.258 e. The molecule has 2 N–H and O–H groups in total. The molecule has 1 aromatic carbocycles. The Hall–Kier alpha value is -3.28. The highest BCUT2D eigenvalue weighted by atomic mass is 16.5. The van der Waals surface area contributed by atoms with E-state index >= 15 is 0 Å². The number of nitrogens with two attached hydrogens (primary N) is 1. The second-order valence-corrected chi connectivity index (χ2v) is 8.22. The average Bonchev–Trinajstić information content (AvgIpc) is 2.81. The minimum absolute atomic E-state index is 0.0187. The van der Waals surface area contributed by atoms with E-state index in [1.165, 1.54) is 0 Å². The molecule has 0 spiro atoms. The molecule has 4 rings (SSSR count). The van der Waals surface area contributed by atoms with E-state index in [0.29, 0.717) is 30.2 Å². The summed E-state index contributed by atoms with van der Waals surface area (Å²) in [7, 11) is 0. The van der Waals surface area contributed by atoms with E-state index in [-0.39, 0.29) is 17.0 Å². The van der Waals surface area contributed by atoms with Gasteiger partial charge in [-0.2, -0.15) is 5.26 Å². The second-order valence-electron chi connectivity index (χ2n) is 8.22. The third-order valence-corrected chi connectivity index (χ3v) is 6.18. The Morgan fingerprint density at radius 2 is 2.00 bits per heavy atom. The molecular formula is C25H30N4O4. The lowest BCUT2D eigenvalue weighted by Gasteiger charge is -2.29. The quantitative estimate of drug-likeness (QED) is 0.691. The lowest BCUT2D eigenvalue weighted by molar-refractivity contribution is 0.0369. The van der Waals surface area contributed by atoms with Crippen LogP contribution < -0.4 is 20.8 Å². The fourth-order valence-corrected chi connectivity index (χ4v) is 4.56. The molecule has 0 amide bonds. The number of nitriles is 1. The van der Waals surface area contributed by atoms with Crippen LogP contribution in [0.5, 0.6) is 11.5 Å². The van der Waals surface area contributed by atoms with Gasteiger partial charge in [-0.1, -0.05) is 18.2 Å². The number of hydrogen-bond donors (Lipinski definition) is 1. The number of aromatic nitrogens is 1. The number of fused-ring (bicyclic) bond motifs is 1. The van der Waals surface area contributed by atoms with Gasteiger partial charge in [0.25, 0.3) is 5.56 Å². The van der Waals surface area contributed by atoms with E-state index in [0.717, 1.165) is 50.5 Å². The third-order valence-electron chi connectivity index (χ3n) is 6.18. The first-order chi connectivity index (χ1) is 16.0. The van der Waals surface area contributed by atoms with Crippen LogP contribution >= 0.6 is 0 Å². The van der Waals surface area contributed by atoms with Crippen LogP contribution in [0.25, 0.3) is 0 Å². The number of rotatable bonds is 7. The van der Waals surface area contributed by atoms with Crippen LogP contribution in [0.4, 0.5) is 0 Å². The maximum atomic E-state index is 13.8. The molecule has 2 aromatic rings. The molecular weight excluding hydrogens is 420 g/mol. The number of morpholine rings is 1. The SMILES string of the molecule is CCOc1ccccc1[C@H]1C(C#N)=C(N)Oc2cc(C)n(CCCN3CCOCC3)c(=O)c21. The molecule has 1 saturated heterocycles. The van der Waals surface area contributed by atoms with Crippen molar-refractivity contribution in [3.63, 3.8) is 0 Å². The van der Waals surface area contributed by atoms with Crippen molar-refractivity contribution in [1.29, 1.82) is 5.26 Å². The van der Waals surface area contributed by atoms with Crippen molar-refractivity contribution < 1.29 is 14.2 Å². The summed E-state index contributed by atoms with van der Waals surface area (Å²) in [6, 6.07) is 11.5. The van der Waals surface area contributed by atoms with Crippen molar-refractivity contribution in [3.05, 3.63) is 69.0 Å². The van der Waals surface area contributed by atoms with Crippen molar-refractivity contribution in [1.82, 2.24) is 9.47 Å². The van der Waals surface area contributed by atoms with Gasteiger partial charge in [0.05, 0.1) is 31.3 Å². The van der Waals surface area contributed by atoms with Gasteiger partial charge in [0.1, 0.15) is 23.1 Å². The van der Waals surface area contributed by atoms with Gasteiger partial charge < -0.3 is 24.5 Å². The Kier molecular flexibility index (Phi) is 7.02. The highest BCUT2D eigenvalue weighted by Gasteiger charge is 2.35. The minimum Gasteiger partial charge on any atom is -0.494 e. The molecule has 33 heavy (non-hydrogen) atoms. The third kappa shape index (κ3) is 4.61. The Labute approximate surface area is 193 Å². The molecule has 174 valence electrons. The molecule has 1 fully saturated rings. The molecule has 0 saturated carbocycles. The molecule has 8 nitrogen and oxygen atoms in total. The molecule has 1 atom stereocenters. The van der Waals surface area contributed by atoms with E-state index in [2.05, 4.69) is 11.0 Å². The molecule has 1 aromatic heterocycles. The van der Waals surface area contributed by atoms with Gasteiger partial charge >= 0.3 is 0 Å². The van der Waals surface area contributed by atoms with Gasteiger partial charge in [0.2, 0.25) is 5.88 Å². The summed E-state index contributed by atoms with van der Waals surface area (Å²) < 4.78 is 18.8. The molecule has 3 heterocycles. The highest BCUT2D eigenvalue weighted by molar-refractivity contribution is 5.58. The first kappa shape index (κ1) is 22.9. The number of pyridine rings is 1. The number of para-hydroxylation sites is 1. The van der Waals surface area contributed by atoms with E-state index < -0.39 is 5.92 Å². The average molecular weight is 451 g/mol. The molecule has 2 aliphatic rings. The summed E-state index contributed by atoms with van der Waals surface area (Å²) in [5.74, 6) is 0.386. The summed E-state index contributed by atoms with van der Waals surface area (Å²) in [5.41, 5.74) is 8.13. The van der Waals surface area contributed by atoms with Crippen molar-refractivity contribution in [2.45, 2.75) is 32.7 Å². The van der Waals surface area contributed by atoms with Crippen LogP contribution in [-0.4, -0.2) is 48.9 Å². The number of hydrogen-bond acceptors (Lipinski definition) is 7. The van der Waals surface area contributed by atoms with E-state index in [1.807, 2.05) is 44.2 Å². The van der Waals surface area contributed by atoms with Crippen molar-refractivity contribution >= 4 is 0 Å². The van der Waals surface area contributed by atoms with Crippen LogP contribution in [-0.2, 0) is 11.3 Å². The summed E-state index contributed by atoms with van der Waals surface area (Å²) in [5, 5.41) is 9.91. The lowest BCUT2D eigenvalue weighted by atomic mass is 9.83. The number of allylic oxidation sites excluding steroid dienone is 1. The molecule has 0 aliphatic carbocycles. The summed E-state index contributed by atoms with van der Waals surface area (Å²) >= 11 is 0. The van der Waals surface area contributed by atoms with Crippen LogP contribution in [0.2, 0.25) is 0 Å². The zero-order chi connectivity index (χ0) is 23.4. The van der Waals surface area contributed by atoms with E-state index in [4.69, 9.17) is 19.9 Å². The fourth-order valence-electron chi connectivity index (χ4n) is 4.56. The summed E-state index contributed by atoms with van der Waals surface area (Å²) in [6.07, 6.45) is 0.837. The Morgan fingerprint density at radius 3 is 2.73 bits per heavy atom. The monoisotopic (exact) mass is 450 g/mol. The van der Waals surface area contributed by atoms with E-state index in [1.54, 1.807) is 4.57 Å². The molecule has 0 radical (unpaired) electrons. The van der Waals surface area contributed by atoms with Gasteiger partial charge in [-0.15, -0.1) is 0 Å². The Bertz CT molecular complexity index is 1140. The molecule has 0 unspecified atom stereocenters. The zero-order valence-corrected chi connectivity index (χ0v) is 19.2. The van der Waals surface area contributed by atoms with Crippen LogP contribution in [0.1, 0.15) is 36.1 Å². The number of benzene rings is 1. The van der Waals surface area contributed by atoms with Gasteiger partial charge in [-0.05, 0) is 26.3 Å². The van der Waals surface area contributed by atoms with Crippen LogP contribution in [0.3, 0.4) is 0 Å². The van der Waals surface area contributed by atoms with Gasteiger partial charge in [0, 0.05) is 43.5 Å². The fraction of sp³-hybridized carbons (Fsp3) is 0.440. The van der Waals surface area contributed by atoms with Gasteiger partial charge in [0.15, 0.2) is 0 Å². The maximum Gasteiger partial charge on any atom is 0.258 e. The number of ether oxygens (including phenoxy) is 3. The standard InChI is InChI=1S/C25H30N4O4/c1-3-32-20-8-5-4-7-18(20)22-19(16-26)24(27)33-21-15-17(2)29(25(30)23(21)22)10-6-9-28-11-13-31-14-12-28/h4-5,7-8,15,22H,3,6,9-14,27H2,1-2H3/t22-/m0/s1. The van der Waals surface area contributed by atoms with Crippen LogP contribution in [0, 0.1) is 18.3 Å². The number of nitrogens with zero attached hydrogens (tertiary/aromatic N) is 3. The van der Waals surface area contributed by atoms with Crippen molar-refractivity contribution in [2.24, 2.45) is 5.73 Å². The van der Waals surface area contributed by atoms with E-state index in [9.17, 15) is 10.1 Å². The maximum absolute atomic E-state index is 13.8. The predicted molar refractivity (Wildman–Crippen MR) is 124 cm³/mol. The largest absolute Gasteiger partial charge is 0.494 e. The summed E-state index contributed by atoms with van der Waals surface area (Å²) in [6.45, 7) is 9.06. The van der Waals surface area contributed by atoms with Crippen LogP contribution in [0.15, 0.2) is 46.6 Å². The zero-order valence-electron chi connectivity index (χ0n) is 19.2. The first-order valence-electron chi connectivity index (χ1n) is 11.4. The molecule has 0 bridgehead atoms. The predicted octanol–water partition coefficient (Wildman–Crippen LogP) is 2.50. The minimum atomic E-state index is -0.653. The Balaban J connectivity index is 1.73. The highest BCUT2D eigenvalue weighted by Crippen LogP contribution is 2.43. The first-order valence-corrected chi connectivity index (χ1v) is 11.4. The molecule has 8 heteroatoms. The Morgan fingerprint density at radius 1 is 1.24 bits per heavy atom. The normalized spacial score (nSPS) is 18.4. The second kappa shape index (κ2) is 10.1.